The van der Waals surface area contributed by atoms with Crippen LogP contribution in [0.25, 0.3) is 0 Å². The van der Waals surface area contributed by atoms with E-state index in [9.17, 15) is 4.79 Å². The molecule has 13 heavy (non-hydrogen) atoms. The molecule has 0 radical (unpaired) electrons. The van der Waals surface area contributed by atoms with Gasteiger partial charge in [0.2, 0.25) is 0 Å². The highest BCUT2D eigenvalue weighted by Crippen LogP contribution is 2.07. The molecule has 1 aliphatic rings. The number of aliphatic hydroxyl groups excluding tert-OH is 1. The zero-order valence-electron chi connectivity index (χ0n) is 7.48. The van der Waals surface area contributed by atoms with Crippen LogP contribution >= 0.6 is 0 Å². The summed E-state index contributed by atoms with van der Waals surface area (Å²) in [7, 11) is 0. The van der Waals surface area contributed by atoms with Gasteiger partial charge in [0.05, 0.1) is 25.7 Å². The molecule has 1 atom stereocenters. The number of carboxylic acids is 1. The number of aliphatic hydroxyl groups is 1. The molecule has 0 saturated carbocycles. The van der Waals surface area contributed by atoms with Crippen LogP contribution in [0.3, 0.4) is 0 Å². The number of carboxylic acid groups (broad SMARTS) is 1. The monoisotopic (exact) mass is 189 g/mol. The van der Waals surface area contributed by atoms with Crippen molar-refractivity contribution >= 4 is 5.97 Å². The fourth-order valence-electron chi connectivity index (χ4n) is 1.44. The Labute approximate surface area is 76.9 Å². The first-order chi connectivity index (χ1) is 6.22. The van der Waals surface area contributed by atoms with Crippen molar-refractivity contribution in [2.45, 2.75) is 12.5 Å². The van der Waals surface area contributed by atoms with E-state index in [4.69, 9.17) is 14.9 Å². The highest BCUT2D eigenvalue weighted by Gasteiger charge is 2.21. The highest BCUT2D eigenvalue weighted by atomic mass is 16.5. The van der Waals surface area contributed by atoms with Crippen LogP contribution in [0.15, 0.2) is 0 Å². The van der Waals surface area contributed by atoms with Crippen LogP contribution in [0.5, 0.6) is 0 Å². The molecule has 0 bridgehead atoms. The molecule has 2 N–H and O–H groups in total. The van der Waals surface area contributed by atoms with E-state index in [1.165, 1.54) is 0 Å². The summed E-state index contributed by atoms with van der Waals surface area (Å²) in [6, 6.07) is 0. The molecule has 5 heteroatoms. The van der Waals surface area contributed by atoms with Gasteiger partial charge in [0.15, 0.2) is 0 Å². The van der Waals surface area contributed by atoms with Gasteiger partial charge in [0, 0.05) is 19.6 Å². The molecule has 1 fully saturated rings. The van der Waals surface area contributed by atoms with E-state index in [2.05, 4.69) is 0 Å². The van der Waals surface area contributed by atoms with Gasteiger partial charge >= 0.3 is 5.97 Å². The SMILES string of the molecule is O=C(O)CC1CN(CCO)CCO1. The van der Waals surface area contributed by atoms with E-state index >= 15 is 0 Å². The fourth-order valence-corrected chi connectivity index (χ4v) is 1.44. The minimum Gasteiger partial charge on any atom is -0.481 e. The Morgan fingerprint density at radius 3 is 3.00 bits per heavy atom. The van der Waals surface area contributed by atoms with Crippen LogP contribution in [0.1, 0.15) is 6.42 Å². The second-order valence-corrected chi connectivity index (χ2v) is 3.11. The highest BCUT2D eigenvalue weighted by molar-refractivity contribution is 5.67. The lowest BCUT2D eigenvalue weighted by Crippen LogP contribution is -2.44. The van der Waals surface area contributed by atoms with E-state index in [1.54, 1.807) is 0 Å². The molecular weight excluding hydrogens is 174 g/mol. The van der Waals surface area contributed by atoms with Crippen molar-refractivity contribution < 1.29 is 19.7 Å². The first kappa shape index (κ1) is 10.4. The first-order valence-electron chi connectivity index (χ1n) is 4.39. The normalized spacial score (nSPS) is 24.5. The molecule has 0 aromatic carbocycles. The van der Waals surface area contributed by atoms with Gasteiger partial charge in [-0.2, -0.15) is 0 Å². The number of β-amino-alcohol motifs (C(OH)–C–C–N with tert-alkyl or cyclic N) is 1. The lowest BCUT2D eigenvalue weighted by atomic mass is 10.2. The molecule has 1 aliphatic heterocycles. The first-order valence-corrected chi connectivity index (χ1v) is 4.39. The quantitative estimate of drug-likeness (QED) is 0.603. The Morgan fingerprint density at radius 1 is 1.62 bits per heavy atom. The Balaban J connectivity index is 2.28. The maximum atomic E-state index is 10.4. The van der Waals surface area contributed by atoms with E-state index in [1.807, 2.05) is 4.90 Å². The van der Waals surface area contributed by atoms with Gasteiger partial charge in [-0.3, -0.25) is 9.69 Å². The summed E-state index contributed by atoms with van der Waals surface area (Å²) in [4.78, 5) is 12.4. The van der Waals surface area contributed by atoms with Crippen molar-refractivity contribution in [3.8, 4) is 0 Å². The van der Waals surface area contributed by atoms with Gasteiger partial charge in [-0.25, -0.2) is 0 Å². The third-order valence-electron chi connectivity index (χ3n) is 2.04. The third-order valence-corrected chi connectivity index (χ3v) is 2.04. The molecule has 5 nitrogen and oxygen atoms in total. The molecule has 0 aliphatic carbocycles. The van der Waals surface area contributed by atoms with Crippen LogP contribution in [-0.2, 0) is 9.53 Å². The average molecular weight is 189 g/mol. The molecule has 0 amide bonds. The molecule has 1 heterocycles. The van der Waals surface area contributed by atoms with E-state index in [0.717, 1.165) is 6.54 Å². The topological polar surface area (TPSA) is 70.0 Å². The number of aliphatic carboxylic acids is 1. The second kappa shape index (κ2) is 5.16. The minimum absolute atomic E-state index is 0.0436. The van der Waals surface area contributed by atoms with Crippen molar-refractivity contribution in [2.75, 3.05) is 32.8 Å². The summed E-state index contributed by atoms with van der Waals surface area (Å²) in [6.45, 7) is 2.64. The van der Waals surface area contributed by atoms with Gasteiger partial charge in [-0.1, -0.05) is 0 Å². The number of nitrogens with zero attached hydrogens (tertiary/aromatic N) is 1. The van der Waals surface area contributed by atoms with E-state index in [0.29, 0.717) is 19.7 Å². The molecule has 0 aromatic rings. The Bertz CT molecular complexity index is 172. The Morgan fingerprint density at radius 2 is 2.38 bits per heavy atom. The van der Waals surface area contributed by atoms with Gasteiger partial charge in [-0.05, 0) is 0 Å². The maximum absolute atomic E-state index is 10.4. The summed E-state index contributed by atoms with van der Waals surface area (Å²) in [6.07, 6.45) is -0.181. The summed E-state index contributed by atoms with van der Waals surface area (Å²) >= 11 is 0. The van der Waals surface area contributed by atoms with Crippen molar-refractivity contribution in [2.24, 2.45) is 0 Å². The summed E-state index contributed by atoms with van der Waals surface area (Å²) in [5.74, 6) is -0.837. The number of morpholine rings is 1. The van der Waals surface area contributed by atoms with Gasteiger partial charge in [0.25, 0.3) is 0 Å². The Hall–Kier alpha value is -0.650. The van der Waals surface area contributed by atoms with Crippen molar-refractivity contribution in [3.05, 3.63) is 0 Å². The van der Waals surface area contributed by atoms with Crippen LogP contribution in [0.4, 0.5) is 0 Å². The minimum atomic E-state index is -0.837. The van der Waals surface area contributed by atoms with Crippen molar-refractivity contribution in [3.63, 3.8) is 0 Å². The molecule has 1 saturated heterocycles. The Kier molecular flexibility index (Phi) is 4.14. The zero-order valence-corrected chi connectivity index (χ0v) is 7.48. The number of rotatable bonds is 4. The number of ether oxygens (including phenoxy) is 1. The zero-order chi connectivity index (χ0) is 9.68. The van der Waals surface area contributed by atoms with Crippen molar-refractivity contribution in [1.29, 1.82) is 0 Å². The largest absolute Gasteiger partial charge is 0.481 e. The summed E-state index contributed by atoms with van der Waals surface area (Å²) < 4.78 is 5.26. The van der Waals surface area contributed by atoms with E-state index < -0.39 is 5.97 Å². The predicted molar refractivity (Wildman–Crippen MR) is 45.5 cm³/mol. The molecule has 76 valence electrons. The van der Waals surface area contributed by atoms with Crippen molar-refractivity contribution in [1.82, 2.24) is 4.90 Å². The van der Waals surface area contributed by atoms with Gasteiger partial charge in [-0.15, -0.1) is 0 Å². The fraction of sp³-hybridized carbons (Fsp3) is 0.875. The molecular formula is C8H15NO4. The van der Waals surface area contributed by atoms with Gasteiger partial charge in [0.1, 0.15) is 0 Å². The summed E-state index contributed by atoms with van der Waals surface area (Å²) in [5, 5.41) is 17.2. The van der Waals surface area contributed by atoms with E-state index in [-0.39, 0.29) is 19.1 Å². The molecule has 0 aromatic heterocycles. The summed E-state index contributed by atoms with van der Waals surface area (Å²) in [5.41, 5.74) is 0. The van der Waals surface area contributed by atoms with Crippen LogP contribution < -0.4 is 0 Å². The second-order valence-electron chi connectivity index (χ2n) is 3.11. The smallest absolute Gasteiger partial charge is 0.306 e. The van der Waals surface area contributed by atoms with Crippen LogP contribution in [0.2, 0.25) is 0 Å². The maximum Gasteiger partial charge on any atom is 0.306 e. The molecule has 1 unspecified atom stereocenters. The average Bonchev–Trinajstić information content (AvgIpc) is 2.04. The predicted octanol–water partition coefficient (Wildman–Crippen LogP) is -0.846. The standard InChI is InChI=1S/C8H15NO4/c10-3-1-9-2-4-13-7(6-9)5-8(11)12/h7,10H,1-6H2,(H,11,12). The number of hydrogen-bond donors (Lipinski definition) is 2. The molecule has 0 spiro atoms. The number of carbonyl (C=O) groups is 1. The van der Waals surface area contributed by atoms with Crippen LogP contribution in [0, 0.1) is 0 Å². The van der Waals surface area contributed by atoms with Crippen LogP contribution in [-0.4, -0.2) is 60.0 Å². The third kappa shape index (κ3) is 3.71. The lowest BCUT2D eigenvalue weighted by molar-refractivity contribution is -0.142. The molecule has 1 rings (SSSR count). The van der Waals surface area contributed by atoms with Gasteiger partial charge < -0.3 is 14.9 Å². The lowest BCUT2D eigenvalue weighted by Gasteiger charge is -2.31. The number of hydrogen-bond acceptors (Lipinski definition) is 4.